The van der Waals surface area contributed by atoms with Crippen molar-refractivity contribution >= 4 is 46.0 Å². The molecule has 0 bridgehead atoms. The van der Waals surface area contributed by atoms with Crippen molar-refractivity contribution < 1.29 is 28.2 Å². The van der Waals surface area contributed by atoms with Crippen LogP contribution in [0.2, 0.25) is 5.02 Å². The molecule has 2 aromatic carbocycles. The number of piperidine rings is 1. The van der Waals surface area contributed by atoms with Crippen LogP contribution >= 0.6 is 23.4 Å². The van der Waals surface area contributed by atoms with Crippen LogP contribution in [0.3, 0.4) is 0 Å². The Morgan fingerprint density at radius 3 is 2.68 bits per heavy atom. The zero-order valence-electron chi connectivity index (χ0n) is 20.3. The zero-order chi connectivity index (χ0) is 26.5. The van der Waals surface area contributed by atoms with E-state index >= 15 is 0 Å². The van der Waals surface area contributed by atoms with Crippen molar-refractivity contribution in [3.63, 3.8) is 0 Å². The maximum absolute atomic E-state index is 13.4. The minimum Gasteiger partial charge on any atom is -0.497 e. The second-order valence-electron chi connectivity index (χ2n) is 9.07. The summed E-state index contributed by atoms with van der Waals surface area (Å²) in [5.41, 5.74) is 1.00. The van der Waals surface area contributed by atoms with Crippen molar-refractivity contribution in [2.45, 2.75) is 24.2 Å². The molecule has 2 unspecified atom stereocenters. The lowest BCUT2D eigenvalue weighted by molar-refractivity contribution is -0.146. The normalized spacial score (nSPS) is 18.2. The fourth-order valence-electron chi connectivity index (χ4n) is 4.80. The highest BCUT2D eigenvalue weighted by Gasteiger charge is 2.34. The number of aromatic nitrogens is 1. The molecule has 1 aliphatic rings. The van der Waals surface area contributed by atoms with E-state index in [9.17, 15) is 23.5 Å². The average Bonchev–Trinajstić information content (AvgIpc) is 2.86. The summed E-state index contributed by atoms with van der Waals surface area (Å²) in [7, 11) is 1.54. The quantitative estimate of drug-likeness (QED) is 0.247. The number of thioether (sulfide) groups is 1. The molecule has 1 aliphatic heterocycles. The van der Waals surface area contributed by atoms with Gasteiger partial charge in [0.15, 0.2) is 5.78 Å². The minimum atomic E-state index is -0.890. The van der Waals surface area contributed by atoms with Crippen molar-refractivity contribution in [3.8, 4) is 5.75 Å². The highest BCUT2D eigenvalue weighted by atomic mass is 35.5. The molecule has 10 heteroatoms. The summed E-state index contributed by atoms with van der Waals surface area (Å²) in [6.07, 6.45) is 2.71. The van der Waals surface area contributed by atoms with E-state index in [4.69, 9.17) is 16.3 Å². The lowest BCUT2D eigenvalue weighted by Crippen LogP contribution is -2.44. The number of ketones is 1. The number of methoxy groups -OCH3 is 1. The first kappa shape index (κ1) is 27.3. The molecule has 0 saturated carbocycles. The summed E-state index contributed by atoms with van der Waals surface area (Å²) in [6.45, 7) is 1.65. The molecule has 0 amide bonds. The Morgan fingerprint density at radius 2 is 1.97 bits per heavy atom. The predicted octanol–water partition coefficient (Wildman–Crippen LogP) is 5.95. The maximum Gasteiger partial charge on any atom is 0.308 e. The summed E-state index contributed by atoms with van der Waals surface area (Å²) in [5.74, 6) is -1.88. The summed E-state index contributed by atoms with van der Waals surface area (Å²) < 4.78 is 32.1. The molecule has 0 spiro atoms. The standard InChI is InChI=1S/C27H27ClF2N2O4S/c1-36-19-3-4-24-21(13-19)26(23(28)14-31-24)25(33)5-2-16-6-7-32(15-22(16)27(34)35)8-9-37-20-11-17(29)10-18(30)12-20/h3-4,10-14,16,22H,2,5-9,15H2,1H3,(H,34,35). The fourth-order valence-corrected chi connectivity index (χ4v) is 6.03. The number of rotatable bonds is 10. The monoisotopic (exact) mass is 548 g/mol. The summed E-state index contributed by atoms with van der Waals surface area (Å²) in [4.78, 5) is 32.1. The summed E-state index contributed by atoms with van der Waals surface area (Å²) in [5, 5.41) is 10.7. The number of fused-ring (bicyclic) bond motifs is 1. The van der Waals surface area contributed by atoms with Gasteiger partial charge in [-0.2, -0.15) is 0 Å². The third-order valence-corrected chi connectivity index (χ3v) is 7.96. The molecule has 4 rings (SSSR count). The van der Waals surface area contributed by atoms with Crippen molar-refractivity contribution in [1.29, 1.82) is 0 Å². The predicted molar refractivity (Wildman–Crippen MR) is 140 cm³/mol. The number of aliphatic carboxylic acids is 1. The molecule has 0 radical (unpaired) electrons. The van der Waals surface area contributed by atoms with Crippen LogP contribution in [0.1, 0.15) is 29.6 Å². The van der Waals surface area contributed by atoms with E-state index < -0.39 is 23.5 Å². The van der Waals surface area contributed by atoms with Gasteiger partial charge in [-0.3, -0.25) is 14.6 Å². The Hall–Kier alpha value is -2.75. The second kappa shape index (κ2) is 12.2. The SMILES string of the molecule is COc1ccc2ncc(Cl)c(C(=O)CCC3CCN(CCSc4cc(F)cc(F)c4)CC3C(=O)O)c2c1. The number of carbonyl (C=O) groups is 2. The third kappa shape index (κ3) is 6.77. The van der Waals surface area contributed by atoms with E-state index in [-0.39, 0.29) is 23.1 Å². The largest absolute Gasteiger partial charge is 0.497 e. The van der Waals surface area contributed by atoms with Gasteiger partial charge in [-0.15, -0.1) is 11.8 Å². The number of carboxylic acid groups (broad SMARTS) is 1. The fraction of sp³-hybridized carbons (Fsp3) is 0.370. The molecule has 2 atom stereocenters. The van der Waals surface area contributed by atoms with Gasteiger partial charge in [0.25, 0.3) is 0 Å². The Balaban J connectivity index is 1.36. The van der Waals surface area contributed by atoms with E-state index in [1.807, 2.05) is 0 Å². The molecule has 6 nitrogen and oxygen atoms in total. The van der Waals surface area contributed by atoms with Gasteiger partial charge in [0.1, 0.15) is 17.4 Å². The maximum atomic E-state index is 13.4. The van der Waals surface area contributed by atoms with E-state index in [2.05, 4.69) is 9.88 Å². The van der Waals surface area contributed by atoms with E-state index in [0.29, 0.717) is 65.3 Å². The lowest BCUT2D eigenvalue weighted by atomic mass is 9.81. The van der Waals surface area contributed by atoms with E-state index in [0.717, 1.165) is 6.07 Å². The lowest BCUT2D eigenvalue weighted by Gasteiger charge is -2.36. The van der Waals surface area contributed by atoms with E-state index in [1.165, 1.54) is 30.1 Å². The van der Waals surface area contributed by atoms with Gasteiger partial charge in [-0.05, 0) is 55.6 Å². The Kier molecular flexibility index (Phi) is 9.00. The molecular weight excluding hydrogens is 522 g/mol. The molecule has 196 valence electrons. The number of nitrogens with zero attached hydrogens (tertiary/aromatic N) is 2. The second-order valence-corrected chi connectivity index (χ2v) is 10.6. The Morgan fingerprint density at radius 1 is 1.22 bits per heavy atom. The minimum absolute atomic E-state index is 0.149. The van der Waals surface area contributed by atoms with Gasteiger partial charge in [0, 0.05) is 53.4 Å². The number of likely N-dealkylation sites (tertiary alicyclic amines) is 1. The number of halogens is 3. The number of Topliss-reactive ketones (excluding diaryl/α,β-unsaturated/α-hetero) is 1. The van der Waals surface area contributed by atoms with Crippen molar-refractivity contribution in [3.05, 3.63) is 64.8 Å². The number of hydrogen-bond acceptors (Lipinski definition) is 6. The smallest absolute Gasteiger partial charge is 0.308 e. The molecule has 37 heavy (non-hydrogen) atoms. The highest BCUT2D eigenvalue weighted by Crippen LogP contribution is 2.32. The number of carbonyl (C=O) groups excluding carboxylic acids is 1. The first-order valence-electron chi connectivity index (χ1n) is 11.9. The summed E-state index contributed by atoms with van der Waals surface area (Å²) >= 11 is 7.68. The van der Waals surface area contributed by atoms with Crippen molar-refractivity contribution in [2.24, 2.45) is 11.8 Å². The first-order chi connectivity index (χ1) is 17.7. The molecule has 1 fully saturated rings. The molecule has 2 heterocycles. The summed E-state index contributed by atoms with van der Waals surface area (Å²) in [6, 6.07) is 8.66. The third-order valence-electron chi connectivity index (χ3n) is 6.72. The van der Waals surface area contributed by atoms with Crippen molar-refractivity contribution in [2.75, 3.05) is 32.5 Å². The van der Waals surface area contributed by atoms with Gasteiger partial charge in [0.2, 0.25) is 0 Å². The number of pyridine rings is 1. The zero-order valence-corrected chi connectivity index (χ0v) is 21.8. The molecular formula is C27H27ClF2N2O4S. The Bertz CT molecular complexity index is 1290. The molecule has 1 N–H and O–H groups in total. The van der Waals surface area contributed by atoms with Gasteiger partial charge in [-0.1, -0.05) is 11.6 Å². The van der Waals surface area contributed by atoms with Crippen LogP contribution < -0.4 is 4.74 Å². The highest BCUT2D eigenvalue weighted by molar-refractivity contribution is 7.99. The van der Waals surface area contributed by atoms with Crippen LogP contribution in [0.15, 0.2) is 47.5 Å². The van der Waals surface area contributed by atoms with Crippen molar-refractivity contribution in [1.82, 2.24) is 9.88 Å². The van der Waals surface area contributed by atoms with Gasteiger partial charge >= 0.3 is 5.97 Å². The number of carboxylic acids is 1. The number of hydrogen-bond donors (Lipinski definition) is 1. The average molecular weight is 549 g/mol. The van der Waals surface area contributed by atoms with Crippen LogP contribution in [0, 0.1) is 23.5 Å². The number of benzene rings is 2. The van der Waals surface area contributed by atoms with E-state index in [1.54, 1.807) is 25.3 Å². The number of ether oxygens (including phenoxy) is 1. The van der Waals surface area contributed by atoms with Crippen LogP contribution in [0.5, 0.6) is 5.75 Å². The van der Waals surface area contributed by atoms with Crippen LogP contribution in [-0.4, -0.2) is 59.2 Å². The molecule has 1 aromatic heterocycles. The van der Waals surface area contributed by atoms with Crippen LogP contribution in [-0.2, 0) is 4.79 Å². The van der Waals surface area contributed by atoms with Gasteiger partial charge in [0.05, 0.1) is 23.6 Å². The molecule has 0 aliphatic carbocycles. The first-order valence-corrected chi connectivity index (χ1v) is 13.3. The molecule has 1 saturated heterocycles. The van der Waals surface area contributed by atoms with Gasteiger partial charge in [-0.25, -0.2) is 8.78 Å². The molecule has 3 aromatic rings. The van der Waals surface area contributed by atoms with Crippen LogP contribution in [0.25, 0.3) is 10.9 Å². The van der Waals surface area contributed by atoms with Gasteiger partial charge < -0.3 is 14.7 Å². The topological polar surface area (TPSA) is 79.7 Å². The Labute approximate surface area is 223 Å². The van der Waals surface area contributed by atoms with Crippen LogP contribution in [0.4, 0.5) is 8.78 Å².